The lowest BCUT2D eigenvalue weighted by Crippen LogP contribution is -2.24. The molecule has 14 heavy (non-hydrogen) atoms. The van der Waals surface area contributed by atoms with E-state index >= 15 is 0 Å². The number of nitrogens with two attached hydrogens (primary N) is 1. The number of aliphatic carboxylic acids is 1. The van der Waals surface area contributed by atoms with Gasteiger partial charge in [0.05, 0.1) is 5.92 Å². The normalized spacial score (nSPS) is 24.7. The zero-order chi connectivity index (χ0) is 10.3. The Bertz CT molecular complexity index is 392. The predicted molar refractivity (Wildman–Crippen MR) is 55.9 cm³/mol. The molecule has 0 saturated heterocycles. The van der Waals surface area contributed by atoms with Crippen LogP contribution in [0.5, 0.6) is 0 Å². The molecular formula is C10H10BrNO2. The lowest BCUT2D eigenvalue weighted by Gasteiger charge is -2.10. The number of benzene rings is 1. The van der Waals surface area contributed by atoms with Crippen LogP contribution in [0.3, 0.4) is 0 Å². The average molecular weight is 256 g/mol. The highest BCUT2D eigenvalue weighted by Crippen LogP contribution is 2.35. The van der Waals surface area contributed by atoms with Gasteiger partial charge >= 0.3 is 5.97 Å². The number of rotatable bonds is 1. The van der Waals surface area contributed by atoms with Gasteiger partial charge in [-0.15, -0.1) is 0 Å². The Morgan fingerprint density at radius 1 is 1.57 bits per heavy atom. The number of hydrogen-bond donors (Lipinski definition) is 2. The summed E-state index contributed by atoms with van der Waals surface area (Å²) < 4.78 is 0.967. The molecule has 0 fully saturated rings. The summed E-state index contributed by atoms with van der Waals surface area (Å²) in [6, 6.07) is 5.37. The number of hydrogen-bond acceptors (Lipinski definition) is 2. The van der Waals surface area contributed by atoms with E-state index in [9.17, 15) is 4.79 Å². The first kappa shape index (κ1) is 9.68. The summed E-state index contributed by atoms with van der Waals surface area (Å²) in [5.41, 5.74) is 7.85. The van der Waals surface area contributed by atoms with Crippen molar-refractivity contribution in [1.82, 2.24) is 0 Å². The Balaban J connectivity index is 2.40. The van der Waals surface area contributed by atoms with Gasteiger partial charge in [-0.1, -0.05) is 22.0 Å². The molecule has 0 aliphatic heterocycles. The van der Waals surface area contributed by atoms with Crippen LogP contribution < -0.4 is 5.73 Å². The molecular weight excluding hydrogens is 246 g/mol. The summed E-state index contributed by atoms with van der Waals surface area (Å²) in [6.45, 7) is 0. The molecule has 2 rings (SSSR count). The van der Waals surface area contributed by atoms with Crippen molar-refractivity contribution < 1.29 is 9.90 Å². The molecule has 1 aromatic carbocycles. The van der Waals surface area contributed by atoms with Crippen LogP contribution in [0.15, 0.2) is 22.7 Å². The minimum atomic E-state index is -0.815. The van der Waals surface area contributed by atoms with Crippen LogP contribution in [0.1, 0.15) is 17.2 Å². The third-order valence-corrected chi connectivity index (χ3v) is 3.15. The lowest BCUT2D eigenvalue weighted by atomic mass is 10.0. The van der Waals surface area contributed by atoms with Gasteiger partial charge in [0.1, 0.15) is 0 Å². The van der Waals surface area contributed by atoms with Gasteiger partial charge in [0.25, 0.3) is 0 Å². The smallest absolute Gasteiger partial charge is 0.308 e. The van der Waals surface area contributed by atoms with Crippen LogP contribution in [0.4, 0.5) is 0 Å². The van der Waals surface area contributed by atoms with Crippen LogP contribution in [0.2, 0.25) is 0 Å². The highest BCUT2D eigenvalue weighted by molar-refractivity contribution is 9.10. The van der Waals surface area contributed by atoms with E-state index in [1.165, 1.54) is 0 Å². The van der Waals surface area contributed by atoms with E-state index in [2.05, 4.69) is 15.9 Å². The quantitative estimate of drug-likeness (QED) is 0.803. The van der Waals surface area contributed by atoms with Gasteiger partial charge in [0.15, 0.2) is 0 Å². The fourth-order valence-electron chi connectivity index (χ4n) is 1.90. The third-order valence-electron chi connectivity index (χ3n) is 2.65. The largest absolute Gasteiger partial charge is 0.481 e. The average Bonchev–Trinajstić information content (AvgIpc) is 2.43. The Hall–Kier alpha value is -0.870. The molecule has 1 aliphatic rings. The minimum Gasteiger partial charge on any atom is -0.481 e. The number of fused-ring (bicyclic) bond motifs is 1. The van der Waals surface area contributed by atoms with Crippen molar-refractivity contribution in [2.24, 2.45) is 11.7 Å². The van der Waals surface area contributed by atoms with Crippen molar-refractivity contribution in [2.45, 2.75) is 12.5 Å². The number of carbonyl (C=O) groups is 1. The van der Waals surface area contributed by atoms with Gasteiger partial charge in [0, 0.05) is 10.5 Å². The Labute approximate surface area is 90.0 Å². The molecule has 74 valence electrons. The SMILES string of the molecule is NC1c2ccc(Br)cc2CC1C(=O)O. The molecule has 1 aromatic rings. The van der Waals surface area contributed by atoms with Crippen molar-refractivity contribution in [1.29, 1.82) is 0 Å². The second-order valence-electron chi connectivity index (χ2n) is 3.52. The van der Waals surface area contributed by atoms with Gasteiger partial charge < -0.3 is 10.8 Å². The molecule has 3 N–H and O–H groups in total. The number of carboxylic acids is 1. The Morgan fingerprint density at radius 3 is 2.93 bits per heavy atom. The van der Waals surface area contributed by atoms with Crippen LogP contribution in [-0.2, 0) is 11.2 Å². The summed E-state index contributed by atoms with van der Waals surface area (Å²) in [4.78, 5) is 10.9. The predicted octanol–water partition coefficient (Wildman–Crippen LogP) is 1.71. The maximum atomic E-state index is 10.9. The van der Waals surface area contributed by atoms with Crippen LogP contribution in [0.25, 0.3) is 0 Å². The molecule has 0 aromatic heterocycles. The van der Waals surface area contributed by atoms with Crippen molar-refractivity contribution in [2.75, 3.05) is 0 Å². The van der Waals surface area contributed by atoms with Gasteiger partial charge in [-0.25, -0.2) is 0 Å². The van der Waals surface area contributed by atoms with Crippen molar-refractivity contribution in [3.05, 3.63) is 33.8 Å². The molecule has 3 nitrogen and oxygen atoms in total. The number of halogens is 1. The fraction of sp³-hybridized carbons (Fsp3) is 0.300. The molecule has 0 spiro atoms. The van der Waals surface area contributed by atoms with Crippen molar-refractivity contribution >= 4 is 21.9 Å². The van der Waals surface area contributed by atoms with Gasteiger partial charge in [-0.2, -0.15) is 0 Å². The molecule has 0 amide bonds. The van der Waals surface area contributed by atoms with E-state index in [1.54, 1.807) is 0 Å². The highest BCUT2D eigenvalue weighted by Gasteiger charge is 2.34. The van der Waals surface area contributed by atoms with E-state index in [0.717, 1.165) is 15.6 Å². The fourth-order valence-corrected chi connectivity index (χ4v) is 2.31. The van der Waals surface area contributed by atoms with E-state index in [0.29, 0.717) is 6.42 Å². The Kier molecular flexibility index (Phi) is 2.33. The van der Waals surface area contributed by atoms with Crippen LogP contribution in [0, 0.1) is 5.92 Å². The monoisotopic (exact) mass is 255 g/mol. The minimum absolute atomic E-state index is 0.365. The second-order valence-corrected chi connectivity index (χ2v) is 4.43. The maximum absolute atomic E-state index is 10.9. The molecule has 2 atom stereocenters. The third kappa shape index (κ3) is 1.44. The van der Waals surface area contributed by atoms with E-state index in [-0.39, 0.29) is 6.04 Å². The summed E-state index contributed by atoms with van der Waals surface area (Å²) in [5.74, 6) is -1.29. The topological polar surface area (TPSA) is 63.3 Å². The zero-order valence-electron chi connectivity index (χ0n) is 7.40. The van der Waals surface area contributed by atoms with Crippen molar-refractivity contribution in [3.63, 3.8) is 0 Å². The van der Waals surface area contributed by atoms with Crippen LogP contribution in [-0.4, -0.2) is 11.1 Å². The summed E-state index contributed by atoms with van der Waals surface area (Å²) >= 11 is 3.35. The van der Waals surface area contributed by atoms with Crippen LogP contribution >= 0.6 is 15.9 Å². The van der Waals surface area contributed by atoms with E-state index in [1.807, 2.05) is 18.2 Å². The number of carboxylic acid groups (broad SMARTS) is 1. The van der Waals surface area contributed by atoms with Gasteiger partial charge in [-0.3, -0.25) is 4.79 Å². The highest BCUT2D eigenvalue weighted by atomic mass is 79.9. The Morgan fingerprint density at radius 2 is 2.29 bits per heavy atom. The molecule has 0 radical (unpaired) electrons. The molecule has 0 bridgehead atoms. The molecule has 2 unspecified atom stereocenters. The summed E-state index contributed by atoms with van der Waals surface area (Å²) in [6.07, 6.45) is 0.533. The summed E-state index contributed by atoms with van der Waals surface area (Å²) in [7, 11) is 0. The first-order chi connectivity index (χ1) is 6.59. The molecule has 0 saturated carbocycles. The standard InChI is InChI=1S/C10H10BrNO2/c11-6-1-2-7-5(3-6)4-8(9(7)12)10(13)14/h1-3,8-9H,4,12H2,(H,13,14). The lowest BCUT2D eigenvalue weighted by molar-refractivity contribution is -0.142. The first-order valence-corrected chi connectivity index (χ1v) is 5.15. The van der Waals surface area contributed by atoms with Gasteiger partial charge in [-0.05, 0) is 29.7 Å². The molecule has 1 aliphatic carbocycles. The first-order valence-electron chi connectivity index (χ1n) is 4.36. The van der Waals surface area contributed by atoms with Gasteiger partial charge in [0.2, 0.25) is 0 Å². The van der Waals surface area contributed by atoms with E-state index < -0.39 is 11.9 Å². The summed E-state index contributed by atoms with van der Waals surface area (Å²) in [5, 5.41) is 8.93. The zero-order valence-corrected chi connectivity index (χ0v) is 8.99. The maximum Gasteiger partial charge on any atom is 0.308 e. The molecule has 0 heterocycles. The van der Waals surface area contributed by atoms with Crippen molar-refractivity contribution in [3.8, 4) is 0 Å². The second kappa shape index (κ2) is 3.37. The molecule has 4 heteroatoms. The van der Waals surface area contributed by atoms with E-state index in [4.69, 9.17) is 10.8 Å².